The molecule has 0 radical (unpaired) electrons. The monoisotopic (exact) mass is 218 g/mol. The van der Waals surface area contributed by atoms with E-state index in [-0.39, 0.29) is 5.56 Å². The van der Waals surface area contributed by atoms with Crippen molar-refractivity contribution in [2.24, 2.45) is 0 Å². The summed E-state index contributed by atoms with van der Waals surface area (Å²) < 4.78 is 0. The van der Waals surface area contributed by atoms with E-state index in [1.807, 2.05) is 39.0 Å². The molecule has 0 fully saturated rings. The molecular weight excluding hydrogens is 200 g/mol. The second-order valence-corrected chi connectivity index (χ2v) is 2.63. The maximum Gasteiger partial charge on any atom is 0.251 e. The topological polar surface area (TPSA) is 45.8 Å². The van der Waals surface area contributed by atoms with Crippen molar-refractivity contribution in [2.75, 3.05) is 0 Å². The average molecular weight is 218 g/mol. The predicted octanol–water partition coefficient (Wildman–Crippen LogP) is 2.94. The van der Waals surface area contributed by atoms with Gasteiger partial charge in [-0.1, -0.05) is 44.7 Å². The molecule has 0 amide bonds. The van der Waals surface area contributed by atoms with Crippen LogP contribution in [-0.2, 0) is 0 Å². The second kappa shape index (κ2) is 8.41. The molecule has 0 aromatic carbocycles. The molecule has 0 aliphatic carbocycles. The number of hydrogen-bond acceptors (Lipinski definition) is 2. The summed E-state index contributed by atoms with van der Waals surface area (Å²) in [7, 11) is 0. The van der Waals surface area contributed by atoms with Gasteiger partial charge in [-0.15, -0.1) is 0 Å². The zero-order chi connectivity index (χ0) is 12.4. The summed E-state index contributed by atoms with van der Waals surface area (Å²) >= 11 is 0. The molecule has 1 aromatic heterocycles. The molecular formula is C13H18N2O. The maximum atomic E-state index is 11.0. The largest absolute Gasteiger partial charge is 0.307 e. The van der Waals surface area contributed by atoms with Crippen molar-refractivity contribution >= 4 is 5.57 Å². The van der Waals surface area contributed by atoms with Crippen LogP contribution in [0.2, 0.25) is 0 Å². The molecule has 0 bridgehead atoms. The van der Waals surface area contributed by atoms with Gasteiger partial charge < -0.3 is 4.98 Å². The molecule has 0 aliphatic rings. The van der Waals surface area contributed by atoms with Crippen LogP contribution < -0.4 is 5.56 Å². The summed E-state index contributed by atoms with van der Waals surface area (Å²) in [5.41, 5.74) is 0.629. The number of hydrogen-bond donors (Lipinski definition) is 1. The molecule has 0 aliphatic heterocycles. The van der Waals surface area contributed by atoms with Crippen LogP contribution in [0.3, 0.4) is 0 Å². The minimum Gasteiger partial charge on any atom is -0.307 e. The van der Waals surface area contributed by atoms with E-state index in [9.17, 15) is 4.79 Å². The van der Waals surface area contributed by atoms with Crippen LogP contribution in [0.15, 0.2) is 47.9 Å². The minimum atomic E-state index is -0.164. The Bertz CT molecular complexity index is 428. The smallest absolute Gasteiger partial charge is 0.251 e. The Morgan fingerprint density at radius 1 is 1.50 bits per heavy atom. The van der Waals surface area contributed by atoms with Crippen molar-refractivity contribution in [2.45, 2.75) is 20.8 Å². The van der Waals surface area contributed by atoms with Crippen LogP contribution in [0.1, 0.15) is 26.6 Å². The molecule has 1 N–H and O–H groups in total. The second-order valence-electron chi connectivity index (χ2n) is 2.63. The fourth-order valence-electron chi connectivity index (χ4n) is 0.960. The summed E-state index contributed by atoms with van der Waals surface area (Å²) in [6, 6.07) is 1.37. The number of aromatic nitrogens is 2. The Hall–Kier alpha value is -1.90. The van der Waals surface area contributed by atoms with Crippen LogP contribution in [0.25, 0.3) is 5.57 Å². The minimum absolute atomic E-state index is 0.164. The third-order valence-electron chi connectivity index (χ3n) is 1.63. The molecule has 0 saturated heterocycles. The highest BCUT2D eigenvalue weighted by Crippen LogP contribution is 2.07. The number of nitrogens with one attached hydrogen (secondary N) is 1. The van der Waals surface area contributed by atoms with Crippen molar-refractivity contribution in [3.63, 3.8) is 0 Å². The Morgan fingerprint density at radius 3 is 2.69 bits per heavy atom. The number of rotatable bonds is 3. The number of aromatic amines is 1. The lowest BCUT2D eigenvalue weighted by atomic mass is 10.2. The van der Waals surface area contributed by atoms with Crippen LogP contribution >= 0.6 is 0 Å². The molecule has 16 heavy (non-hydrogen) atoms. The summed E-state index contributed by atoms with van der Waals surface area (Å²) in [6.45, 7) is 9.57. The summed E-state index contributed by atoms with van der Waals surface area (Å²) in [4.78, 5) is 17.7. The normalized spacial score (nSPS) is 10.8. The lowest BCUT2D eigenvalue weighted by Crippen LogP contribution is -2.07. The van der Waals surface area contributed by atoms with Crippen molar-refractivity contribution in [1.82, 2.24) is 9.97 Å². The third kappa shape index (κ3) is 4.55. The van der Waals surface area contributed by atoms with Gasteiger partial charge in [0, 0.05) is 17.8 Å². The van der Waals surface area contributed by atoms with Gasteiger partial charge in [-0.05, 0) is 6.92 Å². The highest BCUT2D eigenvalue weighted by atomic mass is 16.1. The van der Waals surface area contributed by atoms with E-state index < -0.39 is 0 Å². The van der Waals surface area contributed by atoms with E-state index in [0.29, 0.717) is 5.82 Å². The lowest BCUT2D eigenvalue weighted by molar-refractivity contribution is 1.08. The highest BCUT2D eigenvalue weighted by Gasteiger charge is 1.97. The Labute approximate surface area is 96.3 Å². The molecule has 0 saturated carbocycles. The predicted molar refractivity (Wildman–Crippen MR) is 69.2 cm³/mol. The van der Waals surface area contributed by atoms with Gasteiger partial charge >= 0.3 is 0 Å². The van der Waals surface area contributed by atoms with Gasteiger partial charge in [-0.25, -0.2) is 4.98 Å². The van der Waals surface area contributed by atoms with Crippen molar-refractivity contribution in [1.29, 1.82) is 0 Å². The SMILES string of the molecule is C=C/C(=C\C=C/C)c1nccc(=O)[nH]1.CC. The van der Waals surface area contributed by atoms with Crippen LogP contribution in [-0.4, -0.2) is 9.97 Å². The van der Waals surface area contributed by atoms with Crippen LogP contribution in [0.4, 0.5) is 0 Å². The fraction of sp³-hybridized carbons (Fsp3) is 0.231. The van der Waals surface area contributed by atoms with Gasteiger partial charge in [0.05, 0.1) is 0 Å². The number of H-pyrrole nitrogens is 1. The lowest BCUT2D eigenvalue weighted by Gasteiger charge is -1.98. The summed E-state index contributed by atoms with van der Waals surface area (Å²) in [6.07, 6.45) is 8.72. The van der Waals surface area contributed by atoms with E-state index >= 15 is 0 Å². The number of allylic oxidation sites excluding steroid dienone is 5. The van der Waals surface area contributed by atoms with E-state index in [0.717, 1.165) is 5.57 Å². The van der Waals surface area contributed by atoms with Crippen molar-refractivity contribution < 1.29 is 0 Å². The van der Waals surface area contributed by atoms with Gasteiger partial charge in [0.1, 0.15) is 5.82 Å². The molecule has 86 valence electrons. The van der Waals surface area contributed by atoms with Gasteiger partial charge in [-0.3, -0.25) is 4.79 Å². The first-order chi connectivity index (χ1) is 7.77. The van der Waals surface area contributed by atoms with Gasteiger partial charge in [-0.2, -0.15) is 0 Å². The first-order valence-corrected chi connectivity index (χ1v) is 5.29. The highest BCUT2D eigenvalue weighted by molar-refractivity contribution is 5.69. The first kappa shape index (κ1) is 14.1. The average Bonchev–Trinajstić information content (AvgIpc) is 2.33. The van der Waals surface area contributed by atoms with Gasteiger partial charge in [0.15, 0.2) is 0 Å². The summed E-state index contributed by atoms with van der Waals surface area (Å²) in [5, 5.41) is 0. The number of nitrogens with zero attached hydrogens (tertiary/aromatic N) is 1. The van der Waals surface area contributed by atoms with Gasteiger partial charge in [0.25, 0.3) is 5.56 Å². The molecule has 1 heterocycles. The van der Waals surface area contributed by atoms with Crippen LogP contribution in [0.5, 0.6) is 0 Å². The molecule has 3 nitrogen and oxygen atoms in total. The van der Waals surface area contributed by atoms with E-state index in [1.54, 1.807) is 6.08 Å². The third-order valence-corrected chi connectivity index (χ3v) is 1.63. The molecule has 0 spiro atoms. The molecule has 3 heteroatoms. The Morgan fingerprint density at radius 2 is 2.19 bits per heavy atom. The van der Waals surface area contributed by atoms with E-state index in [1.165, 1.54) is 12.3 Å². The Kier molecular flexibility index (Phi) is 7.41. The molecule has 1 aromatic rings. The quantitative estimate of drug-likeness (QED) is 0.793. The zero-order valence-electron chi connectivity index (χ0n) is 10.0. The van der Waals surface area contributed by atoms with Crippen molar-refractivity contribution in [3.05, 3.63) is 59.3 Å². The Balaban J connectivity index is 0.00000106. The van der Waals surface area contributed by atoms with Crippen LogP contribution in [0, 0.1) is 0 Å². The van der Waals surface area contributed by atoms with E-state index in [4.69, 9.17) is 0 Å². The molecule has 1 rings (SSSR count). The first-order valence-electron chi connectivity index (χ1n) is 5.29. The molecule has 0 atom stereocenters. The van der Waals surface area contributed by atoms with Gasteiger partial charge in [0.2, 0.25) is 0 Å². The summed E-state index contributed by atoms with van der Waals surface area (Å²) in [5.74, 6) is 0.533. The standard InChI is InChI=1S/C11H12N2O.C2H6/c1-3-5-6-9(4-2)11-12-8-7-10(14)13-11;1-2/h3-8H,2H2,1H3,(H,12,13,14);1-2H3/b5-3-,9-6+;. The fourth-order valence-corrected chi connectivity index (χ4v) is 0.960. The maximum absolute atomic E-state index is 11.0. The van der Waals surface area contributed by atoms with E-state index in [2.05, 4.69) is 16.5 Å². The molecule has 0 unspecified atom stereocenters. The zero-order valence-corrected chi connectivity index (χ0v) is 10.0. The van der Waals surface area contributed by atoms with Crippen molar-refractivity contribution in [3.8, 4) is 0 Å².